The Labute approximate surface area is 243 Å². The molecule has 39 heavy (non-hydrogen) atoms. The number of piperazine rings is 1. The molecule has 0 aliphatic carbocycles. The van der Waals surface area contributed by atoms with Crippen LogP contribution in [0.4, 0.5) is 0 Å². The fraction of sp³-hybridized carbons (Fsp3) is 0.536. The molecular formula is C28H37IN4O6. The van der Waals surface area contributed by atoms with Crippen molar-refractivity contribution in [3.05, 3.63) is 56.5 Å². The smallest absolute Gasteiger partial charge is 0.355 e. The Bertz CT molecular complexity index is 1180. The number of hydrogen-bond donors (Lipinski definition) is 1. The molecule has 2 fully saturated rings. The number of esters is 1. The third-order valence-corrected chi connectivity index (χ3v) is 9.18. The molecule has 0 unspecified atom stereocenters. The average molecular weight is 653 g/mol. The van der Waals surface area contributed by atoms with E-state index in [2.05, 4.69) is 34.1 Å². The van der Waals surface area contributed by atoms with Gasteiger partial charge in [-0.15, -0.1) is 0 Å². The van der Waals surface area contributed by atoms with E-state index in [4.69, 9.17) is 15.2 Å². The maximum atomic E-state index is 13.0. The lowest BCUT2D eigenvalue weighted by Crippen LogP contribution is -2.62. The minimum Gasteiger partial charge on any atom is -0.632 e. The molecule has 1 aromatic carbocycles. The van der Waals surface area contributed by atoms with Gasteiger partial charge in [-0.05, 0) is 40.1 Å². The van der Waals surface area contributed by atoms with Crippen molar-refractivity contribution in [2.75, 3.05) is 45.9 Å². The zero-order chi connectivity index (χ0) is 28.5. The van der Waals surface area contributed by atoms with Crippen molar-refractivity contribution in [1.29, 1.82) is 0 Å². The minimum absolute atomic E-state index is 0.0403. The van der Waals surface area contributed by atoms with Crippen LogP contribution in [0.1, 0.15) is 26.3 Å². The van der Waals surface area contributed by atoms with Gasteiger partial charge in [-0.2, -0.15) is 0 Å². The number of β-lactam (4-membered cyclic amide) rings is 1. The van der Waals surface area contributed by atoms with E-state index >= 15 is 0 Å². The maximum Gasteiger partial charge on any atom is 0.355 e. The summed E-state index contributed by atoms with van der Waals surface area (Å²) in [6.45, 7) is 12.2. The number of nitrogens with two attached hydrogens (primary N) is 1. The molecule has 0 aromatic heterocycles. The molecule has 0 spiro atoms. The first-order valence-corrected chi connectivity index (χ1v) is 14.4. The summed E-state index contributed by atoms with van der Waals surface area (Å²) in [5.74, 6) is -0.472. The van der Waals surface area contributed by atoms with Crippen molar-refractivity contribution in [3.8, 4) is 5.75 Å². The quantitative estimate of drug-likeness (QED) is 0.0973. The topological polar surface area (TPSA) is 125 Å². The lowest BCUT2D eigenvalue weighted by atomic mass is 9.74. The Morgan fingerprint density at radius 1 is 1.31 bits per heavy atom. The number of halogens is 1. The Kier molecular flexibility index (Phi) is 9.04. The molecule has 0 radical (unpaired) electrons. The predicted molar refractivity (Wildman–Crippen MR) is 154 cm³/mol. The van der Waals surface area contributed by atoms with Crippen LogP contribution in [-0.2, 0) is 25.7 Å². The molecule has 2 saturated heterocycles. The Morgan fingerprint density at radius 2 is 2.00 bits per heavy atom. The number of carbonyl (C=O) groups is 3. The van der Waals surface area contributed by atoms with Gasteiger partial charge in [-0.3, -0.25) is 14.5 Å². The predicted octanol–water partition coefficient (Wildman–Crippen LogP) is 2.40. The van der Waals surface area contributed by atoms with Crippen molar-refractivity contribution < 1.29 is 28.5 Å². The van der Waals surface area contributed by atoms with E-state index in [1.165, 1.54) is 6.08 Å². The number of quaternary nitrogens is 1. The molecule has 3 atom stereocenters. The van der Waals surface area contributed by atoms with Crippen molar-refractivity contribution in [2.45, 2.75) is 33.4 Å². The van der Waals surface area contributed by atoms with E-state index < -0.39 is 16.5 Å². The molecule has 0 bridgehead atoms. The fourth-order valence-corrected chi connectivity index (χ4v) is 6.56. The highest BCUT2D eigenvalue weighted by Gasteiger charge is 2.59. The lowest BCUT2D eigenvalue weighted by molar-refractivity contribution is -0.877. The Hall–Kier alpha value is -2.48. The molecule has 1 aromatic rings. The molecule has 3 aliphatic heterocycles. The number of rotatable bonds is 11. The van der Waals surface area contributed by atoms with Gasteiger partial charge >= 0.3 is 5.97 Å². The molecular weight excluding hydrogens is 615 g/mol. The fourth-order valence-electron chi connectivity index (χ4n) is 5.87. The molecule has 4 rings (SSSR count). The van der Waals surface area contributed by atoms with E-state index in [0.29, 0.717) is 44.2 Å². The number of amides is 2. The van der Waals surface area contributed by atoms with Gasteiger partial charge in [0.1, 0.15) is 24.7 Å². The van der Waals surface area contributed by atoms with Crippen LogP contribution >= 0.6 is 22.6 Å². The molecule has 10 nitrogen and oxygen atoms in total. The van der Waals surface area contributed by atoms with E-state index in [-0.39, 0.29) is 49.5 Å². The van der Waals surface area contributed by atoms with Gasteiger partial charge in [0.25, 0.3) is 5.91 Å². The highest BCUT2D eigenvalue weighted by molar-refractivity contribution is 14.1. The summed E-state index contributed by atoms with van der Waals surface area (Å²) >= 11 is 2.26. The summed E-state index contributed by atoms with van der Waals surface area (Å²) in [6.07, 6.45) is 1.50. The average Bonchev–Trinajstić information content (AvgIpc) is 3.11. The summed E-state index contributed by atoms with van der Waals surface area (Å²) in [6, 6.07) is 5.77. The third-order valence-electron chi connectivity index (χ3n) is 7.95. The van der Waals surface area contributed by atoms with Gasteiger partial charge in [-0.25, -0.2) is 4.79 Å². The Morgan fingerprint density at radius 3 is 2.62 bits per heavy atom. The summed E-state index contributed by atoms with van der Waals surface area (Å²) < 4.78 is 12.0. The van der Waals surface area contributed by atoms with Crippen LogP contribution in [0.3, 0.4) is 0 Å². The van der Waals surface area contributed by atoms with Gasteiger partial charge in [-0.1, -0.05) is 45.6 Å². The van der Waals surface area contributed by atoms with E-state index in [1.54, 1.807) is 4.90 Å². The highest BCUT2D eigenvalue weighted by Crippen LogP contribution is 2.48. The van der Waals surface area contributed by atoms with Crippen LogP contribution in [0.2, 0.25) is 0 Å². The van der Waals surface area contributed by atoms with Gasteiger partial charge in [0.15, 0.2) is 6.54 Å². The van der Waals surface area contributed by atoms with Crippen LogP contribution in [0.15, 0.2) is 42.1 Å². The number of fused-ring (bicyclic) bond motifs is 1. The lowest BCUT2D eigenvalue weighted by Gasteiger charge is -2.47. The minimum atomic E-state index is -0.574. The van der Waals surface area contributed by atoms with Crippen molar-refractivity contribution in [1.82, 2.24) is 9.80 Å². The summed E-state index contributed by atoms with van der Waals surface area (Å²) in [5.41, 5.74) is 7.37. The van der Waals surface area contributed by atoms with Crippen LogP contribution in [0.5, 0.6) is 5.75 Å². The first-order valence-electron chi connectivity index (χ1n) is 13.3. The first kappa shape index (κ1) is 29.5. The monoisotopic (exact) mass is 652 g/mol. The van der Waals surface area contributed by atoms with Crippen molar-refractivity contribution in [3.63, 3.8) is 0 Å². The standard InChI is InChI=1S/C28H37IN4O6/c1-5-13-38-28(36)26-20(18(4)25-23(17(2)3)27(35)32(25)26)16-39-21-8-6-7-19(24(21)29)14-31-9-11-33(37,12-10-31)15-22(30)34/h5-8,17-18,23,25H,1,9-16H2,2-4H3,(H2,30,34)/t18-,23+,25+/m0/s1. The van der Waals surface area contributed by atoms with Crippen LogP contribution < -0.4 is 10.5 Å². The number of ether oxygens (including phenoxy) is 2. The van der Waals surface area contributed by atoms with E-state index in [1.807, 2.05) is 39.0 Å². The van der Waals surface area contributed by atoms with Gasteiger partial charge in [0.05, 0.1) is 28.6 Å². The molecule has 3 aliphatic rings. The van der Waals surface area contributed by atoms with Gasteiger partial charge in [0, 0.05) is 31.1 Å². The first-order chi connectivity index (χ1) is 18.5. The van der Waals surface area contributed by atoms with Crippen molar-refractivity contribution >= 4 is 40.4 Å². The normalized spacial score (nSPS) is 24.4. The van der Waals surface area contributed by atoms with Crippen molar-refractivity contribution in [2.24, 2.45) is 23.5 Å². The molecule has 2 amide bonds. The zero-order valence-electron chi connectivity index (χ0n) is 22.7. The number of nitrogens with zero attached hydrogens (tertiary/aromatic N) is 3. The van der Waals surface area contributed by atoms with Crippen LogP contribution in [-0.4, -0.2) is 84.2 Å². The van der Waals surface area contributed by atoms with Crippen LogP contribution in [0, 0.1) is 26.5 Å². The molecule has 0 saturated carbocycles. The maximum absolute atomic E-state index is 13.0. The zero-order valence-corrected chi connectivity index (χ0v) is 24.9. The largest absolute Gasteiger partial charge is 0.632 e. The molecule has 3 heterocycles. The highest BCUT2D eigenvalue weighted by atomic mass is 127. The number of primary amides is 1. The van der Waals surface area contributed by atoms with E-state index in [0.717, 1.165) is 14.7 Å². The second-order valence-electron chi connectivity index (χ2n) is 10.9. The number of hydrogen-bond acceptors (Lipinski definition) is 7. The second kappa shape index (κ2) is 11.9. The summed E-state index contributed by atoms with van der Waals surface area (Å²) in [7, 11) is 0. The number of benzene rings is 1. The van der Waals surface area contributed by atoms with E-state index in [9.17, 15) is 19.6 Å². The SMILES string of the molecule is C=CCOC(=O)C1=C(COc2cccc(CN3CC[N+]([O-])(CC(N)=O)CC3)c2I)[C@H](C)[C@@H]2[C@@H](C(C)C)C(=O)N12. The van der Waals surface area contributed by atoms with Crippen LogP contribution in [0.25, 0.3) is 0 Å². The number of carbonyl (C=O) groups excluding carboxylic acids is 3. The van der Waals surface area contributed by atoms with Gasteiger partial charge in [0.2, 0.25) is 5.91 Å². The van der Waals surface area contributed by atoms with Gasteiger partial charge < -0.3 is 30.0 Å². The molecule has 2 N–H and O–H groups in total. The number of hydroxylamine groups is 3. The third kappa shape index (κ3) is 6.01. The Balaban J connectivity index is 1.48. The second-order valence-corrected chi connectivity index (χ2v) is 12.0. The summed E-state index contributed by atoms with van der Waals surface area (Å²) in [5, 5.41) is 12.7. The summed E-state index contributed by atoms with van der Waals surface area (Å²) in [4.78, 5) is 41.0. The molecule has 212 valence electrons. The molecule has 11 heteroatoms.